The van der Waals surface area contributed by atoms with Crippen LogP contribution in [0.4, 0.5) is 0 Å². The van der Waals surface area contributed by atoms with Gasteiger partial charge in [0.05, 0.1) is 6.10 Å². The minimum Gasteiger partial charge on any atom is -0.508 e. The normalized spacial score (nSPS) is 28.0. The summed E-state index contributed by atoms with van der Waals surface area (Å²) in [6, 6.07) is 18.2. The van der Waals surface area contributed by atoms with Crippen molar-refractivity contribution in [2.45, 2.75) is 81.8 Å². The van der Waals surface area contributed by atoms with E-state index in [0.717, 1.165) is 69.6 Å². The van der Waals surface area contributed by atoms with Crippen LogP contribution in [0.3, 0.4) is 0 Å². The van der Waals surface area contributed by atoms with E-state index in [1.165, 1.54) is 18.4 Å². The van der Waals surface area contributed by atoms with Gasteiger partial charge in [0.2, 0.25) is 5.91 Å². The number of carbonyl (C=O) groups is 1. The summed E-state index contributed by atoms with van der Waals surface area (Å²) in [6.45, 7) is 3.06. The molecule has 5 heteroatoms. The van der Waals surface area contributed by atoms with E-state index >= 15 is 0 Å². The van der Waals surface area contributed by atoms with Gasteiger partial charge in [0, 0.05) is 43.9 Å². The Bertz CT molecular complexity index is 1040. The third-order valence-corrected chi connectivity index (χ3v) is 9.39. The molecule has 1 amide bonds. The van der Waals surface area contributed by atoms with Gasteiger partial charge in [-0.25, -0.2) is 0 Å². The highest BCUT2D eigenvalue weighted by atomic mass is 16.3. The molecule has 0 aromatic heterocycles. The van der Waals surface area contributed by atoms with Crippen molar-refractivity contribution in [1.29, 1.82) is 0 Å². The average molecular weight is 505 g/mol. The number of rotatable bonds is 10. The predicted octanol–water partition coefficient (Wildman–Crippen LogP) is 5.15. The van der Waals surface area contributed by atoms with Crippen LogP contribution in [-0.2, 0) is 16.6 Å². The fourth-order valence-electron chi connectivity index (χ4n) is 7.00. The molecule has 0 bridgehead atoms. The molecule has 2 aliphatic carbocycles. The Morgan fingerprint density at radius 3 is 2.65 bits per heavy atom. The lowest BCUT2D eigenvalue weighted by Crippen LogP contribution is -2.61. The Morgan fingerprint density at radius 1 is 1.08 bits per heavy atom. The zero-order valence-electron chi connectivity index (χ0n) is 22.4. The van der Waals surface area contributed by atoms with Gasteiger partial charge in [0.1, 0.15) is 5.75 Å². The maximum absolute atomic E-state index is 13.2. The first-order chi connectivity index (χ1) is 17.9. The molecule has 0 spiro atoms. The summed E-state index contributed by atoms with van der Waals surface area (Å²) in [5.41, 5.74) is 2.26. The quantitative estimate of drug-likeness (QED) is 0.440. The number of nitrogens with zero attached hydrogens (tertiary/aromatic N) is 2. The lowest BCUT2D eigenvalue weighted by atomic mass is 9.56. The molecule has 1 aliphatic heterocycles. The third-order valence-electron chi connectivity index (χ3n) is 9.39. The van der Waals surface area contributed by atoms with Crippen LogP contribution < -0.4 is 0 Å². The molecule has 2 N–H and O–H groups in total. The summed E-state index contributed by atoms with van der Waals surface area (Å²) in [4.78, 5) is 17.7. The monoisotopic (exact) mass is 504 g/mol. The predicted molar refractivity (Wildman–Crippen MR) is 147 cm³/mol. The second-order valence-electron chi connectivity index (χ2n) is 12.0. The van der Waals surface area contributed by atoms with Crippen molar-refractivity contribution in [1.82, 2.24) is 9.80 Å². The molecule has 3 fully saturated rings. The van der Waals surface area contributed by atoms with Crippen LogP contribution in [0.1, 0.15) is 68.9 Å². The third kappa shape index (κ3) is 6.21. The van der Waals surface area contributed by atoms with Crippen molar-refractivity contribution < 1.29 is 15.0 Å². The van der Waals surface area contributed by atoms with Gasteiger partial charge in [0.25, 0.3) is 0 Å². The first-order valence-electron chi connectivity index (χ1n) is 14.4. The van der Waals surface area contributed by atoms with Gasteiger partial charge in [-0.05, 0) is 87.1 Å². The molecule has 2 saturated carbocycles. The molecule has 1 unspecified atom stereocenters. The van der Waals surface area contributed by atoms with Crippen LogP contribution >= 0.6 is 0 Å². The van der Waals surface area contributed by atoms with Crippen LogP contribution in [0.25, 0.3) is 0 Å². The van der Waals surface area contributed by atoms with Gasteiger partial charge in [-0.1, -0.05) is 48.9 Å². The summed E-state index contributed by atoms with van der Waals surface area (Å²) in [5.74, 6) is 1.42. The Kier molecular flexibility index (Phi) is 8.21. The van der Waals surface area contributed by atoms with Gasteiger partial charge >= 0.3 is 0 Å². The number of hydrogen-bond donors (Lipinski definition) is 2. The molecule has 1 heterocycles. The number of aromatic hydroxyl groups is 1. The number of aryl methyl sites for hydroxylation is 1. The van der Waals surface area contributed by atoms with Crippen molar-refractivity contribution in [3.05, 3.63) is 65.7 Å². The van der Waals surface area contributed by atoms with E-state index in [9.17, 15) is 15.0 Å². The number of fused-ring (bicyclic) bond motifs is 1. The number of aliphatic hydroxyl groups is 1. The fourth-order valence-corrected chi connectivity index (χ4v) is 7.00. The molecule has 5 rings (SSSR count). The number of aliphatic hydroxyl groups excluding tert-OH is 1. The number of unbranched alkanes of at least 4 members (excludes halogenated alkanes) is 2. The van der Waals surface area contributed by atoms with Crippen molar-refractivity contribution in [3.63, 3.8) is 0 Å². The summed E-state index contributed by atoms with van der Waals surface area (Å²) in [5, 5.41) is 21.8. The maximum atomic E-state index is 13.2. The van der Waals surface area contributed by atoms with Crippen molar-refractivity contribution in [2.75, 3.05) is 26.7 Å². The van der Waals surface area contributed by atoms with E-state index in [-0.39, 0.29) is 29.0 Å². The average Bonchev–Trinajstić information content (AvgIpc) is 3.73. The zero-order valence-corrected chi connectivity index (χ0v) is 22.4. The number of phenols is 1. The zero-order chi connectivity index (χ0) is 25.8. The molecule has 5 nitrogen and oxygen atoms in total. The lowest BCUT2D eigenvalue weighted by Gasteiger charge is -2.56. The summed E-state index contributed by atoms with van der Waals surface area (Å²) >= 11 is 0. The van der Waals surface area contributed by atoms with E-state index < -0.39 is 6.10 Å². The molecular formula is C32H44N2O3. The van der Waals surface area contributed by atoms with E-state index in [2.05, 4.69) is 35.2 Å². The largest absolute Gasteiger partial charge is 0.508 e. The van der Waals surface area contributed by atoms with Crippen LogP contribution in [0.15, 0.2) is 54.6 Å². The van der Waals surface area contributed by atoms with Gasteiger partial charge in [0.15, 0.2) is 0 Å². The number of amides is 1. The number of benzene rings is 2. The lowest BCUT2D eigenvalue weighted by molar-refractivity contribution is -0.136. The van der Waals surface area contributed by atoms with Crippen LogP contribution in [0.2, 0.25) is 0 Å². The van der Waals surface area contributed by atoms with Crippen molar-refractivity contribution >= 4 is 5.91 Å². The highest BCUT2D eigenvalue weighted by Crippen LogP contribution is 2.51. The molecule has 200 valence electrons. The Hall–Kier alpha value is -2.37. The molecule has 0 radical (unpaired) electrons. The Labute approximate surface area is 222 Å². The number of piperidine rings is 1. The van der Waals surface area contributed by atoms with Crippen LogP contribution in [0.5, 0.6) is 5.75 Å². The van der Waals surface area contributed by atoms with E-state index in [1.54, 1.807) is 6.07 Å². The van der Waals surface area contributed by atoms with E-state index in [1.807, 2.05) is 30.1 Å². The summed E-state index contributed by atoms with van der Waals surface area (Å²) < 4.78 is 0. The molecule has 2 aromatic carbocycles. The standard InChI is InChI=1S/C32H44N2O3/c1-33(31(37)14-7-3-6-11-24-9-4-2-5-10-24)27-20-30(36)29-23-34(22-25-15-16-25)18-17-32(29,21-27)26-12-8-13-28(35)19-26/h2,4-5,8-10,12-13,19,25,27,29-30,35-36H,3,6-7,11,14-18,20-23H2,1H3/t27-,29+,30?,32+/m1/s1. The Morgan fingerprint density at radius 2 is 1.89 bits per heavy atom. The van der Waals surface area contributed by atoms with Crippen molar-refractivity contribution in [3.8, 4) is 5.75 Å². The van der Waals surface area contributed by atoms with Gasteiger partial charge in [-0.2, -0.15) is 0 Å². The SMILES string of the molecule is CN(C(=O)CCCCCc1ccccc1)[C@@H]1CC(O)[C@@H]2CN(CC3CC3)CC[C@@]2(c2cccc(O)c2)C1. The molecular weight excluding hydrogens is 460 g/mol. The number of likely N-dealkylation sites (tertiary alicyclic amines) is 1. The van der Waals surface area contributed by atoms with Crippen LogP contribution in [-0.4, -0.2) is 64.7 Å². The molecule has 2 aromatic rings. The number of phenolic OH excluding ortho intramolecular Hbond substituents is 1. The first kappa shape index (κ1) is 26.2. The smallest absolute Gasteiger partial charge is 0.222 e. The molecule has 1 saturated heterocycles. The Balaban J connectivity index is 1.22. The minimum absolute atomic E-state index is 0.0143. The summed E-state index contributed by atoms with van der Waals surface area (Å²) in [7, 11) is 1.93. The molecule has 37 heavy (non-hydrogen) atoms. The highest BCUT2D eigenvalue weighted by molar-refractivity contribution is 5.76. The number of carbonyl (C=O) groups excluding carboxylic acids is 1. The fraction of sp³-hybridized carbons (Fsp3) is 0.594. The summed E-state index contributed by atoms with van der Waals surface area (Å²) in [6.07, 6.45) is 9.35. The molecule has 3 aliphatic rings. The van der Waals surface area contributed by atoms with Crippen molar-refractivity contribution in [2.24, 2.45) is 11.8 Å². The second kappa shape index (κ2) is 11.6. The van der Waals surface area contributed by atoms with E-state index in [4.69, 9.17) is 0 Å². The number of hydrogen-bond acceptors (Lipinski definition) is 4. The van der Waals surface area contributed by atoms with E-state index in [0.29, 0.717) is 12.8 Å². The molecule has 4 atom stereocenters. The van der Waals surface area contributed by atoms with Gasteiger partial charge in [-0.3, -0.25) is 4.79 Å². The topological polar surface area (TPSA) is 64.0 Å². The van der Waals surface area contributed by atoms with Gasteiger partial charge in [-0.15, -0.1) is 0 Å². The highest BCUT2D eigenvalue weighted by Gasteiger charge is 2.53. The van der Waals surface area contributed by atoms with Gasteiger partial charge < -0.3 is 20.0 Å². The van der Waals surface area contributed by atoms with Crippen LogP contribution in [0, 0.1) is 11.8 Å². The maximum Gasteiger partial charge on any atom is 0.222 e. The first-order valence-corrected chi connectivity index (χ1v) is 14.4. The minimum atomic E-state index is -0.454. The second-order valence-corrected chi connectivity index (χ2v) is 12.0.